The highest BCUT2D eigenvalue weighted by atomic mass is 32.1. The van der Waals surface area contributed by atoms with Crippen LogP contribution in [0.15, 0.2) is 56.5 Å². The minimum atomic E-state index is -0.604. The van der Waals surface area contributed by atoms with Crippen LogP contribution in [0.2, 0.25) is 0 Å². The molecule has 0 fully saturated rings. The fourth-order valence-electron chi connectivity index (χ4n) is 5.77. The first kappa shape index (κ1) is 57.2. The van der Waals surface area contributed by atoms with Crippen LogP contribution >= 0.6 is 11.3 Å². The third kappa shape index (κ3) is 17.0. The van der Waals surface area contributed by atoms with Crippen LogP contribution in [0.1, 0.15) is 88.1 Å². The lowest BCUT2D eigenvalue weighted by Gasteiger charge is -2.12. The number of primary amides is 1. The van der Waals surface area contributed by atoms with Gasteiger partial charge in [0, 0.05) is 58.5 Å². The number of oxazole rings is 2. The van der Waals surface area contributed by atoms with Gasteiger partial charge in [0.05, 0.1) is 35.3 Å². The van der Waals surface area contributed by atoms with E-state index in [1.54, 1.807) is 44.5 Å². The number of thiazole rings is 1. The quantitative estimate of drug-likeness (QED) is 0.0486. The number of rotatable bonds is 16. The number of benzene rings is 2. The number of unbranched alkanes of at least 4 members (excludes halogenated alkanes) is 1. The van der Waals surface area contributed by atoms with Gasteiger partial charge in [0.15, 0.2) is 28.6 Å². The Kier molecular flexibility index (Phi) is 27.0. The van der Waals surface area contributed by atoms with Crippen molar-refractivity contribution in [1.29, 1.82) is 0 Å². The van der Waals surface area contributed by atoms with Crippen LogP contribution in [0.3, 0.4) is 0 Å². The van der Waals surface area contributed by atoms with Gasteiger partial charge in [0.25, 0.3) is 0 Å². The zero-order chi connectivity index (χ0) is 49.8. The Morgan fingerprint density at radius 2 is 1.55 bits per heavy atom. The van der Waals surface area contributed by atoms with Crippen molar-refractivity contribution in [3.05, 3.63) is 87.5 Å². The maximum atomic E-state index is 11.9. The van der Waals surface area contributed by atoms with Gasteiger partial charge in [-0.3, -0.25) is 19.2 Å². The lowest BCUT2D eigenvalue weighted by atomic mass is 10.1. The van der Waals surface area contributed by atoms with Crippen LogP contribution < -0.4 is 42.1 Å². The third-order valence-electron chi connectivity index (χ3n) is 8.46. The van der Waals surface area contributed by atoms with E-state index in [0.29, 0.717) is 82.7 Å². The van der Waals surface area contributed by atoms with Crippen molar-refractivity contribution in [2.45, 2.75) is 73.4 Å². The van der Waals surface area contributed by atoms with E-state index in [9.17, 15) is 24.0 Å². The molecule has 2 aromatic carbocycles. The second-order valence-corrected chi connectivity index (χ2v) is 14.2. The summed E-state index contributed by atoms with van der Waals surface area (Å²) >= 11 is 1.29. The average molecular weight is 936 g/mol. The topological polar surface area (TPSA) is 293 Å². The van der Waals surface area contributed by atoms with Gasteiger partial charge < -0.3 is 60.1 Å². The number of hydrogen-bond donors (Lipinski definition) is 5. The second-order valence-electron chi connectivity index (χ2n) is 13.2. The lowest BCUT2D eigenvalue weighted by Crippen LogP contribution is -2.16. The highest BCUT2D eigenvalue weighted by molar-refractivity contribution is 7.16. The molecule has 0 aliphatic carbocycles. The molecule has 0 saturated carbocycles. The average Bonchev–Trinajstić information content (AvgIpc) is 4.11. The zero-order valence-electron chi connectivity index (χ0n) is 39.7. The Morgan fingerprint density at radius 3 is 2.03 bits per heavy atom. The van der Waals surface area contributed by atoms with E-state index < -0.39 is 5.91 Å². The first-order valence-corrected chi connectivity index (χ1v) is 21.7. The molecule has 0 saturated heterocycles. The molecule has 0 atom stereocenters. The number of nitrogens with two attached hydrogens (primary N) is 3. The van der Waals surface area contributed by atoms with Gasteiger partial charge in [-0.25, -0.2) is 15.0 Å². The van der Waals surface area contributed by atoms with Crippen LogP contribution in [0.4, 0.5) is 5.95 Å². The SMILES string of the molecule is CCc1coc(C)n1.CCc1nc(C)oc1C=O.CN.CN.CNC.CNc1nc2cc(C(N)=O)cc(OCCCC=O)c2n1C/C=C/Cn1c(=NC(C)=O)sc2cc(C=O)cc(OC)c21. The van der Waals surface area contributed by atoms with Crippen LogP contribution in [-0.2, 0) is 35.5 Å². The number of nitrogens with zero attached hydrogens (tertiary/aromatic N) is 6. The summed E-state index contributed by atoms with van der Waals surface area (Å²) in [5.41, 5.74) is 18.9. The molecule has 360 valence electrons. The van der Waals surface area contributed by atoms with Gasteiger partial charge >= 0.3 is 0 Å². The first-order valence-electron chi connectivity index (χ1n) is 20.8. The van der Waals surface area contributed by atoms with Crippen molar-refractivity contribution in [2.75, 3.05) is 54.3 Å². The highest BCUT2D eigenvalue weighted by Crippen LogP contribution is 2.32. The molecule has 20 nitrogen and oxygen atoms in total. The Labute approximate surface area is 388 Å². The predicted molar refractivity (Wildman–Crippen MR) is 258 cm³/mol. The molecule has 0 aliphatic heterocycles. The van der Waals surface area contributed by atoms with Crippen molar-refractivity contribution < 1.29 is 42.3 Å². The Bertz CT molecular complexity index is 2550. The van der Waals surface area contributed by atoms with Crippen molar-refractivity contribution in [1.82, 2.24) is 29.4 Å². The van der Waals surface area contributed by atoms with Crippen molar-refractivity contribution in [3.8, 4) is 11.5 Å². The van der Waals surface area contributed by atoms with E-state index in [1.807, 2.05) is 49.2 Å². The van der Waals surface area contributed by atoms with Gasteiger partial charge in [0.2, 0.25) is 17.8 Å². The second kappa shape index (κ2) is 31.1. The van der Waals surface area contributed by atoms with E-state index in [-0.39, 0.29) is 18.1 Å². The number of anilines is 1. The van der Waals surface area contributed by atoms with Crippen molar-refractivity contribution >= 4 is 69.2 Å². The molecule has 0 bridgehead atoms. The fourth-order valence-corrected chi connectivity index (χ4v) is 6.92. The van der Waals surface area contributed by atoms with Crippen LogP contribution in [-0.4, -0.2) is 104 Å². The molecule has 21 heteroatoms. The number of hydrogen-bond acceptors (Lipinski definition) is 17. The smallest absolute Gasteiger partial charge is 0.248 e. The van der Waals surface area contributed by atoms with Crippen molar-refractivity contribution in [2.24, 2.45) is 22.2 Å². The van der Waals surface area contributed by atoms with Crippen LogP contribution in [0.5, 0.6) is 11.5 Å². The number of methoxy groups -OCH3 is 1. The molecule has 6 aromatic rings. The van der Waals surface area contributed by atoms with Crippen molar-refractivity contribution in [3.63, 3.8) is 0 Å². The largest absolute Gasteiger partial charge is 0.494 e. The predicted octanol–water partition coefficient (Wildman–Crippen LogP) is 4.96. The summed E-state index contributed by atoms with van der Waals surface area (Å²) in [6.07, 6.45) is 10.4. The molecule has 0 radical (unpaired) electrons. The van der Waals surface area contributed by atoms with Crippen LogP contribution in [0, 0.1) is 13.8 Å². The molecular formula is C45H65N11O9S. The number of aromatic nitrogens is 5. The molecule has 4 heterocycles. The summed E-state index contributed by atoms with van der Waals surface area (Å²) in [5, 5.41) is 5.82. The van der Waals surface area contributed by atoms with Gasteiger partial charge in [0.1, 0.15) is 41.4 Å². The van der Waals surface area contributed by atoms with E-state index in [4.69, 9.17) is 24.0 Å². The maximum Gasteiger partial charge on any atom is 0.248 e. The number of nitrogens with one attached hydrogen (secondary N) is 2. The zero-order valence-corrected chi connectivity index (χ0v) is 40.5. The highest BCUT2D eigenvalue weighted by Gasteiger charge is 2.18. The number of carbonyl (C=O) groups is 5. The number of imidazole rings is 1. The monoisotopic (exact) mass is 935 g/mol. The molecule has 66 heavy (non-hydrogen) atoms. The van der Waals surface area contributed by atoms with Gasteiger partial charge in [-0.2, -0.15) is 4.99 Å². The number of ether oxygens (including phenoxy) is 2. The van der Waals surface area contributed by atoms with Crippen LogP contribution in [0.25, 0.3) is 21.3 Å². The minimum Gasteiger partial charge on any atom is -0.494 e. The van der Waals surface area contributed by atoms with E-state index in [2.05, 4.69) is 49.0 Å². The Hall–Kier alpha value is -6.81. The molecular weight excluding hydrogens is 871 g/mol. The number of allylic oxidation sites excluding steroid dienone is 2. The third-order valence-corrected chi connectivity index (χ3v) is 9.49. The lowest BCUT2D eigenvalue weighted by molar-refractivity contribution is -0.116. The fraction of sp³-hybridized carbons (Fsp3) is 0.400. The van der Waals surface area contributed by atoms with Gasteiger partial charge in [-0.1, -0.05) is 37.3 Å². The minimum absolute atomic E-state index is 0.264. The number of aryl methyl sites for hydroxylation is 4. The van der Waals surface area contributed by atoms with Gasteiger partial charge in [-0.15, -0.1) is 0 Å². The molecule has 0 aliphatic rings. The summed E-state index contributed by atoms with van der Waals surface area (Å²) < 4.78 is 25.9. The molecule has 6 rings (SSSR count). The number of amides is 2. The van der Waals surface area contributed by atoms with E-state index in [0.717, 1.165) is 52.9 Å². The molecule has 0 spiro atoms. The van der Waals surface area contributed by atoms with E-state index in [1.165, 1.54) is 39.5 Å². The summed E-state index contributed by atoms with van der Waals surface area (Å²) in [6, 6.07) is 6.58. The standard InChI is InChI=1S/C28H30N6O6S.C7H9NO2.C6H9NO.C2H7N.2CH5N/c1-17(37)31-28-34(25-21(39-3)12-18(16-36)13-23(25)41-28)9-5-4-8-33-24-20(32-27(33)30-2)14-19(26(29)38)15-22(24)40-11-7-6-10-35;1-3-6-7(4-9)10-5(2)8-6;1-3-6-4-8-5(2)7-6;1-3-2;2*1-2/h4-5,10,12-16H,6-9,11H2,1-3H3,(H2,29,38)(H,30,32);4H,3H2,1-2H3;4H,3H2,1-2H3;3H,1-2H3;2*2H2,1H3/b5-4+,31-28?;;;;;. The summed E-state index contributed by atoms with van der Waals surface area (Å²) in [6.45, 7) is 9.98. The van der Waals surface area contributed by atoms with E-state index >= 15 is 0 Å². The first-order chi connectivity index (χ1) is 31.8. The summed E-state index contributed by atoms with van der Waals surface area (Å²) in [4.78, 5) is 73.5. The summed E-state index contributed by atoms with van der Waals surface area (Å²) in [5.74, 6) is 2.20. The molecule has 8 N–H and O–H groups in total. The molecule has 0 unspecified atom stereocenters. The Balaban J connectivity index is 0.000000706. The molecule has 4 aromatic heterocycles. The normalized spacial score (nSPS) is 10.5. The number of aldehydes is 3. The summed E-state index contributed by atoms with van der Waals surface area (Å²) in [7, 11) is 10.0. The Morgan fingerprint density at radius 1 is 0.879 bits per heavy atom. The van der Waals surface area contributed by atoms with Gasteiger partial charge in [-0.05, 0) is 71.7 Å². The maximum absolute atomic E-state index is 11.9. The molecule has 2 amide bonds. The number of fused-ring (bicyclic) bond motifs is 2. The number of carbonyl (C=O) groups excluding carboxylic acids is 5.